The third kappa shape index (κ3) is 2.91. The molecular formula is C18H16N2O2. The molecule has 22 heavy (non-hydrogen) atoms. The molecule has 3 aromatic rings. The fourth-order valence-electron chi connectivity index (χ4n) is 2.50. The molecule has 0 aliphatic carbocycles. The first-order valence-electron chi connectivity index (χ1n) is 7.14. The van der Waals surface area contributed by atoms with E-state index in [1.165, 1.54) is 5.56 Å². The van der Waals surface area contributed by atoms with Gasteiger partial charge in [-0.25, -0.2) is 9.78 Å². The Hall–Kier alpha value is -2.88. The number of carboxylic acid groups (broad SMARTS) is 1. The molecule has 2 aromatic carbocycles. The summed E-state index contributed by atoms with van der Waals surface area (Å²) in [6, 6.07) is 17.2. The molecule has 0 fully saturated rings. The van der Waals surface area contributed by atoms with Gasteiger partial charge in [0.1, 0.15) is 5.82 Å². The number of aromatic carboxylic acids is 1. The molecule has 0 saturated carbocycles. The number of anilines is 1. The van der Waals surface area contributed by atoms with Crippen molar-refractivity contribution in [3.8, 4) is 0 Å². The summed E-state index contributed by atoms with van der Waals surface area (Å²) in [6.07, 6.45) is 2.52. The van der Waals surface area contributed by atoms with Gasteiger partial charge >= 0.3 is 5.97 Å². The van der Waals surface area contributed by atoms with E-state index in [0.29, 0.717) is 10.9 Å². The summed E-state index contributed by atoms with van der Waals surface area (Å²) in [5, 5.41) is 14.1. The smallest absolute Gasteiger partial charge is 0.336 e. The molecule has 0 amide bonds. The monoisotopic (exact) mass is 292 g/mol. The molecule has 110 valence electrons. The fraction of sp³-hybridized carbons (Fsp3) is 0.111. The summed E-state index contributed by atoms with van der Waals surface area (Å²) in [7, 11) is 0. The normalized spacial score (nSPS) is 10.5. The first-order valence-corrected chi connectivity index (χ1v) is 7.14. The Morgan fingerprint density at radius 1 is 1.00 bits per heavy atom. The molecule has 0 bridgehead atoms. The van der Waals surface area contributed by atoms with Crippen LogP contribution in [0.4, 0.5) is 5.82 Å². The number of carboxylic acids is 1. The number of fused-ring (bicyclic) bond motifs is 1. The highest BCUT2D eigenvalue weighted by Crippen LogP contribution is 2.24. The first-order chi connectivity index (χ1) is 10.8. The number of carbonyl (C=O) groups is 1. The van der Waals surface area contributed by atoms with Crippen molar-refractivity contribution in [1.29, 1.82) is 0 Å². The number of nitrogens with one attached hydrogen (secondary N) is 1. The third-order valence-electron chi connectivity index (χ3n) is 3.59. The Bertz CT molecular complexity index is 801. The summed E-state index contributed by atoms with van der Waals surface area (Å²) in [5.41, 5.74) is 1.55. The van der Waals surface area contributed by atoms with Gasteiger partial charge in [-0.3, -0.25) is 0 Å². The average molecular weight is 292 g/mol. The predicted molar refractivity (Wildman–Crippen MR) is 87.3 cm³/mol. The Balaban J connectivity index is 1.82. The second-order valence-corrected chi connectivity index (χ2v) is 5.03. The van der Waals surface area contributed by atoms with E-state index < -0.39 is 5.97 Å². The molecule has 0 saturated heterocycles. The minimum Gasteiger partial charge on any atom is -0.478 e. The molecule has 0 radical (unpaired) electrons. The van der Waals surface area contributed by atoms with Crippen molar-refractivity contribution >= 4 is 22.6 Å². The molecule has 3 rings (SSSR count). The SMILES string of the molecule is O=C(O)c1cccc2c(NCCc3ccccc3)nccc12. The Kier molecular flexibility index (Phi) is 4.01. The fourth-order valence-corrected chi connectivity index (χ4v) is 2.50. The van der Waals surface area contributed by atoms with Crippen molar-refractivity contribution in [3.63, 3.8) is 0 Å². The Morgan fingerprint density at radius 2 is 1.82 bits per heavy atom. The Labute approximate surface area is 128 Å². The summed E-state index contributed by atoms with van der Waals surface area (Å²) in [6.45, 7) is 0.743. The Morgan fingerprint density at radius 3 is 2.59 bits per heavy atom. The standard InChI is InChI=1S/C18H16N2O2/c21-18(22)16-8-4-7-15-14(16)10-12-20-17(15)19-11-9-13-5-2-1-3-6-13/h1-8,10,12H,9,11H2,(H,19,20)(H,21,22). The topological polar surface area (TPSA) is 62.2 Å². The van der Waals surface area contributed by atoms with E-state index in [4.69, 9.17) is 0 Å². The van der Waals surface area contributed by atoms with Crippen LogP contribution in [0.15, 0.2) is 60.8 Å². The second kappa shape index (κ2) is 6.26. The van der Waals surface area contributed by atoms with Gasteiger partial charge < -0.3 is 10.4 Å². The molecule has 0 atom stereocenters. The highest BCUT2D eigenvalue weighted by atomic mass is 16.4. The van der Waals surface area contributed by atoms with Crippen molar-refractivity contribution < 1.29 is 9.90 Å². The number of benzene rings is 2. The molecule has 4 heteroatoms. The molecule has 0 aliphatic rings. The predicted octanol–water partition coefficient (Wildman–Crippen LogP) is 3.59. The lowest BCUT2D eigenvalue weighted by molar-refractivity contribution is 0.0699. The van der Waals surface area contributed by atoms with Gasteiger partial charge in [-0.05, 0) is 24.1 Å². The van der Waals surface area contributed by atoms with Gasteiger partial charge in [0, 0.05) is 23.5 Å². The summed E-state index contributed by atoms with van der Waals surface area (Å²) < 4.78 is 0. The lowest BCUT2D eigenvalue weighted by Crippen LogP contribution is -2.07. The molecule has 0 unspecified atom stereocenters. The minimum atomic E-state index is -0.924. The van der Waals surface area contributed by atoms with Gasteiger partial charge in [-0.15, -0.1) is 0 Å². The highest BCUT2D eigenvalue weighted by Gasteiger charge is 2.10. The molecular weight excluding hydrogens is 276 g/mol. The number of hydrogen-bond acceptors (Lipinski definition) is 3. The zero-order valence-electron chi connectivity index (χ0n) is 12.0. The van der Waals surface area contributed by atoms with Crippen LogP contribution in [0, 0.1) is 0 Å². The summed E-state index contributed by atoms with van der Waals surface area (Å²) in [5.74, 6) is -0.205. The molecule has 0 spiro atoms. The van der Waals surface area contributed by atoms with Crippen LogP contribution in [0.5, 0.6) is 0 Å². The van der Waals surface area contributed by atoms with Crippen LogP contribution in [0.3, 0.4) is 0 Å². The zero-order valence-corrected chi connectivity index (χ0v) is 12.0. The molecule has 1 heterocycles. The molecule has 1 aromatic heterocycles. The average Bonchev–Trinajstić information content (AvgIpc) is 2.55. The van der Waals surface area contributed by atoms with Crippen LogP contribution >= 0.6 is 0 Å². The van der Waals surface area contributed by atoms with Crippen LogP contribution in [0.25, 0.3) is 10.8 Å². The van der Waals surface area contributed by atoms with Crippen molar-refractivity contribution in [2.45, 2.75) is 6.42 Å². The summed E-state index contributed by atoms with van der Waals surface area (Å²) in [4.78, 5) is 15.6. The van der Waals surface area contributed by atoms with Crippen LogP contribution < -0.4 is 5.32 Å². The number of rotatable bonds is 5. The van der Waals surface area contributed by atoms with E-state index in [-0.39, 0.29) is 0 Å². The van der Waals surface area contributed by atoms with Gasteiger partial charge in [-0.1, -0.05) is 42.5 Å². The van der Waals surface area contributed by atoms with Gasteiger partial charge in [0.15, 0.2) is 0 Å². The second-order valence-electron chi connectivity index (χ2n) is 5.03. The lowest BCUT2D eigenvalue weighted by atomic mass is 10.1. The van der Waals surface area contributed by atoms with Crippen LogP contribution in [0.2, 0.25) is 0 Å². The first kappa shape index (κ1) is 14.1. The van der Waals surface area contributed by atoms with Crippen LogP contribution in [-0.4, -0.2) is 22.6 Å². The minimum absolute atomic E-state index is 0.297. The van der Waals surface area contributed by atoms with E-state index in [1.54, 1.807) is 24.4 Å². The maximum atomic E-state index is 11.3. The number of pyridine rings is 1. The van der Waals surface area contributed by atoms with Gasteiger partial charge in [0.25, 0.3) is 0 Å². The largest absolute Gasteiger partial charge is 0.478 e. The van der Waals surface area contributed by atoms with Crippen molar-refractivity contribution in [1.82, 2.24) is 4.98 Å². The zero-order chi connectivity index (χ0) is 15.4. The highest BCUT2D eigenvalue weighted by molar-refractivity contribution is 6.06. The van der Waals surface area contributed by atoms with Gasteiger partial charge in [0.2, 0.25) is 0 Å². The van der Waals surface area contributed by atoms with Crippen molar-refractivity contribution in [2.24, 2.45) is 0 Å². The third-order valence-corrected chi connectivity index (χ3v) is 3.59. The molecule has 0 aliphatic heterocycles. The van der Waals surface area contributed by atoms with E-state index >= 15 is 0 Å². The van der Waals surface area contributed by atoms with E-state index in [1.807, 2.05) is 24.3 Å². The lowest BCUT2D eigenvalue weighted by Gasteiger charge is -2.10. The number of nitrogens with zero attached hydrogens (tertiary/aromatic N) is 1. The van der Waals surface area contributed by atoms with Crippen LogP contribution in [-0.2, 0) is 6.42 Å². The van der Waals surface area contributed by atoms with E-state index in [0.717, 1.165) is 24.2 Å². The maximum absolute atomic E-state index is 11.3. The van der Waals surface area contributed by atoms with E-state index in [2.05, 4.69) is 22.4 Å². The molecule has 2 N–H and O–H groups in total. The van der Waals surface area contributed by atoms with Gasteiger partial charge in [0.05, 0.1) is 5.56 Å². The van der Waals surface area contributed by atoms with Crippen molar-refractivity contribution in [3.05, 3.63) is 71.9 Å². The number of aromatic nitrogens is 1. The summed E-state index contributed by atoms with van der Waals surface area (Å²) >= 11 is 0. The molecule has 4 nitrogen and oxygen atoms in total. The van der Waals surface area contributed by atoms with Crippen molar-refractivity contribution in [2.75, 3.05) is 11.9 Å². The maximum Gasteiger partial charge on any atom is 0.336 e. The number of hydrogen-bond donors (Lipinski definition) is 2. The van der Waals surface area contributed by atoms with Crippen LogP contribution in [0.1, 0.15) is 15.9 Å². The van der Waals surface area contributed by atoms with Gasteiger partial charge in [-0.2, -0.15) is 0 Å². The van der Waals surface area contributed by atoms with E-state index in [9.17, 15) is 9.90 Å². The quantitative estimate of drug-likeness (QED) is 0.754.